The third kappa shape index (κ3) is 5.07. The van der Waals surface area contributed by atoms with Crippen molar-refractivity contribution < 1.29 is 9.18 Å². The molecule has 0 aliphatic rings. The van der Waals surface area contributed by atoms with Crippen molar-refractivity contribution in [3.8, 4) is 12.3 Å². The van der Waals surface area contributed by atoms with Crippen molar-refractivity contribution in [2.24, 2.45) is 0 Å². The van der Waals surface area contributed by atoms with E-state index in [1.807, 2.05) is 13.1 Å². The molecule has 1 atom stereocenters. The van der Waals surface area contributed by atoms with Gasteiger partial charge in [0.05, 0.1) is 34.6 Å². The van der Waals surface area contributed by atoms with Crippen LogP contribution in [0.2, 0.25) is 0 Å². The number of carbonyl (C=O) groups excluding carboxylic acids is 1. The molecule has 3 aromatic carbocycles. The van der Waals surface area contributed by atoms with E-state index >= 15 is 0 Å². The molecule has 0 bridgehead atoms. The second-order valence-corrected chi connectivity index (χ2v) is 7.18. The summed E-state index contributed by atoms with van der Waals surface area (Å²) in [7, 11) is 0. The molecule has 0 saturated heterocycles. The van der Waals surface area contributed by atoms with Crippen LogP contribution in [0.4, 0.5) is 15.8 Å². The molecule has 32 heavy (non-hydrogen) atoms. The number of hydrogen-bond donors (Lipinski definition) is 2. The molecule has 1 amide bonds. The lowest BCUT2D eigenvalue weighted by molar-refractivity contribution is 0.102. The molecule has 8 heteroatoms. The summed E-state index contributed by atoms with van der Waals surface area (Å²) in [6.45, 7) is 1.87. The van der Waals surface area contributed by atoms with Gasteiger partial charge in [-0.1, -0.05) is 36.4 Å². The average molecular weight is 444 g/mol. The standard InChI is InChI=1S/C24H18FN5OS/c1-16(18-12-10-17(14-26)11-13-18)28-24(32)30(15-27)22-9-5-4-8-21(22)29-23(31)19-6-2-3-7-20(19)25/h2-13,16H,1H3,(H,28,32)(H,29,31). The Balaban J connectivity index is 1.80. The first-order valence-electron chi connectivity index (χ1n) is 9.60. The largest absolute Gasteiger partial charge is 0.355 e. The second-order valence-electron chi connectivity index (χ2n) is 6.79. The summed E-state index contributed by atoms with van der Waals surface area (Å²) in [5.41, 5.74) is 1.95. The molecule has 0 aliphatic carbocycles. The van der Waals surface area contributed by atoms with Crippen LogP contribution in [0.25, 0.3) is 0 Å². The first-order chi connectivity index (χ1) is 15.4. The molecule has 2 N–H and O–H groups in total. The monoisotopic (exact) mass is 443 g/mol. The lowest BCUT2D eigenvalue weighted by Gasteiger charge is -2.24. The Kier molecular flexibility index (Phi) is 7.12. The first kappa shape index (κ1) is 22.4. The van der Waals surface area contributed by atoms with Gasteiger partial charge in [-0.25, -0.2) is 9.29 Å². The summed E-state index contributed by atoms with van der Waals surface area (Å²) in [6, 6.07) is 21.1. The van der Waals surface area contributed by atoms with Gasteiger partial charge in [0.15, 0.2) is 11.3 Å². The molecular weight excluding hydrogens is 425 g/mol. The quantitative estimate of drug-likeness (QED) is 0.332. The van der Waals surface area contributed by atoms with E-state index in [9.17, 15) is 14.4 Å². The smallest absolute Gasteiger partial charge is 0.258 e. The molecule has 0 fully saturated rings. The number of thiocarbonyl (C=S) groups is 1. The van der Waals surface area contributed by atoms with E-state index in [0.29, 0.717) is 16.9 Å². The molecular formula is C24H18FN5OS. The van der Waals surface area contributed by atoms with E-state index in [0.717, 1.165) is 5.56 Å². The summed E-state index contributed by atoms with van der Waals surface area (Å²) < 4.78 is 14.0. The van der Waals surface area contributed by atoms with E-state index in [1.54, 1.807) is 54.6 Å². The molecule has 3 rings (SSSR count). The van der Waals surface area contributed by atoms with E-state index in [1.165, 1.54) is 23.1 Å². The van der Waals surface area contributed by atoms with Crippen LogP contribution in [0.3, 0.4) is 0 Å². The zero-order chi connectivity index (χ0) is 23.1. The van der Waals surface area contributed by atoms with Crippen LogP contribution in [0.1, 0.15) is 34.5 Å². The number of para-hydroxylation sites is 2. The normalized spacial score (nSPS) is 10.9. The van der Waals surface area contributed by atoms with Gasteiger partial charge >= 0.3 is 0 Å². The minimum Gasteiger partial charge on any atom is -0.355 e. The maximum Gasteiger partial charge on any atom is 0.258 e. The molecule has 0 aromatic heterocycles. The van der Waals surface area contributed by atoms with Crippen LogP contribution in [0, 0.1) is 28.6 Å². The summed E-state index contributed by atoms with van der Waals surface area (Å²) in [4.78, 5) is 13.7. The van der Waals surface area contributed by atoms with Crippen LogP contribution in [0.15, 0.2) is 72.8 Å². The topological polar surface area (TPSA) is 91.9 Å². The lowest BCUT2D eigenvalue weighted by atomic mass is 10.1. The van der Waals surface area contributed by atoms with Crippen LogP contribution in [-0.4, -0.2) is 11.0 Å². The first-order valence-corrected chi connectivity index (χ1v) is 10.0. The Morgan fingerprint density at radius 3 is 2.34 bits per heavy atom. The number of carbonyl (C=O) groups is 1. The molecule has 1 unspecified atom stereocenters. The number of rotatable bonds is 5. The summed E-state index contributed by atoms with van der Waals surface area (Å²) in [5.74, 6) is -1.29. The number of amides is 1. The highest BCUT2D eigenvalue weighted by molar-refractivity contribution is 7.80. The van der Waals surface area contributed by atoms with Gasteiger partial charge in [-0.15, -0.1) is 0 Å². The van der Waals surface area contributed by atoms with E-state index < -0.39 is 11.7 Å². The van der Waals surface area contributed by atoms with E-state index in [4.69, 9.17) is 17.5 Å². The predicted molar refractivity (Wildman–Crippen MR) is 124 cm³/mol. The summed E-state index contributed by atoms with van der Waals surface area (Å²) >= 11 is 5.44. The molecule has 3 aromatic rings. The number of hydrogen-bond acceptors (Lipinski definition) is 4. The van der Waals surface area contributed by atoms with Crippen molar-refractivity contribution in [2.75, 3.05) is 10.2 Å². The van der Waals surface area contributed by atoms with Gasteiger partial charge in [0.2, 0.25) is 0 Å². The van der Waals surface area contributed by atoms with Gasteiger partial charge in [0.1, 0.15) is 5.82 Å². The zero-order valence-corrected chi connectivity index (χ0v) is 17.9. The van der Waals surface area contributed by atoms with Crippen molar-refractivity contribution in [1.82, 2.24) is 5.32 Å². The third-order valence-corrected chi connectivity index (χ3v) is 4.99. The Hall–Kier alpha value is -4.27. The fraction of sp³-hybridized carbons (Fsp3) is 0.0833. The van der Waals surface area contributed by atoms with Crippen molar-refractivity contribution in [3.63, 3.8) is 0 Å². The Bertz CT molecular complexity index is 1230. The van der Waals surface area contributed by atoms with Crippen LogP contribution in [-0.2, 0) is 0 Å². The van der Waals surface area contributed by atoms with E-state index in [2.05, 4.69) is 16.7 Å². The van der Waals surface area contributed by atoms with Gasteiger partial charge in [-0.2, -0.15) is 10.5 Å². The summed E-state index contributed by atoms with van der Waals surface area (Å²) in [5, 5.41) is 24.6. The Labute approximate surface area is 190 Å². The minimum atomic E-state index is -0.645. The number of anilines is 2. The zero-order valence-electron chi connectivity index (χ0n) is 17.0. The highest BCUT2D eigenvalue weighted by atomic mass is 32.1. The van der Waals surface area contributed by atoms with Gasteiger partial charge in [-0.3, -0.25) is 4.79 Å². The van der Waals surface area contributed by atoms with Crippen molar-refractivity contribution >= 4 is 34.6 Å². The summed E-state index contributed by atoms with van der Waals surface area (Å²) in [6.07, 6.45) is 2.02. The molecule has 6 nitrogen and oxygen atoms in total. The van der Waals surface area contributed by atoms with Crippen LogP contribution < -0.4 is 15.5 Å². The molecule has 0 aliphatic heterocycles. The maximum atomic E-state index is 14.0. The average Bonchev–Trinajstić information content (AvgIpc) is 2.81. The molecule has 0 radical (unpaired) electrons. The molecule has 0 spiro atoms. The third-order valence-electron chi connectivity index (χ3n) is 4.69. The molecule has 0 heterocycles. The SMILES string of the molecule is CC(NC(=S)N(C#N)c1ccccc1NC(=O)c1ccccc1F)c1ccc(C#N)cc1. The van der Waals surface area contributed by atoms with Gasteiger partial charge in [0, 0.05) is 0 Å². The molecule has 0 saturated carbocycles. The highest BCUT2D eigenvalue weighted by Gasteiger charge is 2.20. The highest BCUT2D eigenvalue weighted by Crippen LogP contribution is 2.27. The molecule has 158 valence electrons. The van der Waals surface area contributed by atoms with Gasteiger partial charge in [-0.05, 0) is 61.1 Å². The van der Waals surface area contributed by atoms with Crippen LogP contribution in [0.5, 0.6) is 0 Å². The van der Waals surface area contributed by atoms with E-state index in [-0.39, 0.29) is 16.7 Å². The maximum absolute atomic E-state index is 14.0. The number of halogens is 1. The van der Waals surface area contributed by atoms with Crippen molar-refractivity contribution in [1.29, 1.82) is 10.5 Å². The van der Waals surface area contributed by atoms with Gasteiger partial charge in [0.25, 0.3) is 5.91 Å². The predicted octanol–water partition coefficient (Wildman–Crippen LogP) is 4.87. The minimum absolute atomic E-state index is 0.110. The van der Waals surface area contributed by atoms with Crippen LogP contribution >= 0.6 is 12.2 Å². The number of nitrogens with one attached hydrogen (secondary N) is 2. The fourth-order valence-corrected chi connectivity index (χ4v) is 3.31. The fourth-order valence-electron chi connectivity index (χ4n) is 3.00. The Morgan fingerprint density at radius 2 is 1.69 bits per heavy atom. The van der Waals surface area contributed by atoms with Gasteiger partial charge < -0.3 is 10.6 Å². The van der Waals surface area contributed by atoms with Crippen molar-refractivity contribution in [2.45, 2.75) is 13.0 Å². The van der Waals surface area contributed by atoms with Crippen molar-refractivity contribution in [3.05, 3.63) is 95.3 Å². The lowest BCUT2D eigenvalue weighted by Crippen LogP contribution is -2.38. The number of nitriles is 2. The second kappa shape index (κ2) is 10.2. The number of benzene rings is 3. The number of nitrogens with zero attached hydrogens (tertiary/aromatic N) is 3. The Morgan fingerprint density at radius 1 is 1.03 bits per heavy atom.